The third-order valence-electron chi connectivity index (χ3n) is 3.90. The highest BCUT2D eigenvalue weighted by molar-refractivity contribution is 9.10. The summed E-state index contributed by atoms with van der Waals surface area (Å²) >= 11 is 3.05. The molecule has 0 aromatic heterocycles. The van der Waals surface area contributed by atoms with Crippen molar-refractivity contribution in [2.75, 3.05) is 4.90 Å². The van der Waals surface area contributed by atoms with Crippen LogP contribution in [0.15, 0.2) is 22.7 Å². The number of benzene rings is 1. The lowest BCUT2D eigenvalue weighted by Crippen LogP contribution is -2.36. The van der Waals surface area contributed by atoms with E-state index in [4.69, 9.17) is 0 Å². The van der Waals surface area contributed by atoms with Gasteiger partial charge < -0.3 is 0 Å². The van der Waals surface area contributed by atoms with Gasteiger partial charge in [-0.1, -0.05) is 13.8 Å². The summed E-state index contributed by atoms with van der Waals surface area (Å²) in [5.41, 5.74) is -0.416. The van der Waals surface area contributed by atoms with E-state index in [0.29, 0.717) is 10.2 Å². The molecule has 0 radical (unpaired) electrons. The second-order valence-electron chi connectivity index (χ2n) is 5.38. The van der Waals surface area contributed by atoms with Crippen molar-refractivity contribution in [1.29, 1.82) is 0 Å². The summed E-state index contributed by atoms with van der Waals surface area (Å²) in [5.74, 6) is -0.970. The van der Waals surface area contributed by atoms with Crippen LogP contribution < -0.4 is 4.90 Å². The third-order valence-corrected chi connectivity index (χ3v) is 4.54. The minimum Gasteiger partial charge on any atom is -0.274 e. The van der Waals surface area contributed by atoms with Crippen LogP contribution in [0.25, 0.3) is 0 Å². The molecule has 1 saturated heterocycles. The molecule has 2 amide bonds. The molecule has 1 unspecified atom stereocenters. The van der Waals surface area contributed by atoms with Crippen molar-refractivity contribution >= 4 is 33.4 Å². The second kappa shape index (κ2) is 4.71. The summed E-state index contributed by atoms with van der Waals surface area (Å²) in [6.45, 7) is 5.61. The van der Waals surface area contributed by atoms with Gasteiger partial charge in [0.1, 0.15) is 5.82 Å². The molecule has 1 fully saturated rings. The maximum atomic E-state index is 13.5. The minimum absolute atomic E-state index is 0.0502. The molecule has 1 aromatic carbocycles. The van der Waals surface area contributed by atoms with Crippen LogP contribution >= 0.6 is 15.9 Å². The first-order valence-electron chi connectivity index (χ1n) is 6.10. The summed E-state index contributed by atoms with van der Waals surface area (Å²) in [4.78, 5) is 25.6. The number of halogens is 2. The molecule has 1 atom stereocenters. The van der Waals surface area contributed by atoms with Crippen molar-refractivity contribution < 1.29 is 14.0 Å². The van der Waals surface area contributed by atoms with Crippen LogP contribution in [0.1, 0.15) is 27.2 Å². The Bertz CT molecular complexity index is 558. The highest BCUT2D eigenvalue weighted by atomic mass is 79.9. The first-order valence-corrected chi connectivity index (χ1v) is 6.89. The summed E-state index contributed by atoms with van der Waals surface area (Å²) in [7, 11) is 0. The monoisotopic (exact) mass is 327 g/mol. The van der Waals surface area contributed by atoms with Gasteiger partial charge in [-0.25, -0.2) is 9.29 Å². The SMILES string of the molecule is CC(C)C1(C)CC(=O)N(c2ccc(Br)c(F)c2)C1=O. The van der Waals surface area contributed by atoms with Crippen molar-refractivity contribution in [3.63, 3.8) is 0 Å². The van der Waals surface area contributed by atoms with Gasteiger partial charge >= 0.3 is 0 Å². The van der Waals surface area contributed by atoms with Gasteiger partial charge in [0.05, 0.1) is 15.6 Å². The lowest BCUT2D eigenvalue weighted by atomic mass is 9.78. The zero-order chi connectivity index (χ0) is 14.4. The molecule has 0 aliphatic carbocycles. The third kappa shape index (κ3) is 2.20. The number of nitrogens with zero attached hydrogens (tertiary/aromatic N) is 1. The summed E-state index contributed by atoms with van der Waals surface area (Å²) in [6, 6.07) is 4.26. The van der Waals surface area contributed by atoms with Gasteiger partial charge in [-0.05, 0) is 47.0 Å². The lowest BCUT2D eigenvalue weighted by molar-refractivity contribution is -0.126. The fourth-order valence-electron chi connectivity index (χ4n) is 2.17. The fourth-order valence-corrected chi connectivity index (χ4v) is 2.42. The topological polar surface area (TPSA) is 37.4 Å². The van der Waals surface area contributed by atoms with E-state index < -0.39 is 11.2 Å². The van der Waals surface area contributed by atoms with Crippen LogP contribution in [-0.2, 0) is 9.59 Å². The number of hydrogen-bond donors (Lipinski definition) is 0. The largest absolute Gasteiger partial charge is 0.274 e. The predicted molar refractivity (Wildman–Crippen MR) is 74.2 cm³/mol. The Labute approximate surface area is 119 Å². The summed E-state index contributed by atoms with van der Waals surface area (Å²) in [6.07, 6.45) is 0.168. The lowest BCUT2D eigenvalue weighted by Gasteiger charge is -2.26. The molecule has 0 N–H and O–H groups in total. The van der Waals surface area contributed by atoms with Gasteiger partial charge in [-0.15, -0.1) is 0 Å². The quantitative estimate of drug-likeness (QED) is 0.779. The summed E-state index contributed by atoms with van der Waals surface area (Å²) < 4.78 is 13.8. The average molecular weight is 328 g/mol. The number of carbonyl (C=O) groups is 2. The molecule has 1 aromatic rings. The van der Waals surface area contributed by atoms with Gasteiger partial charge in [0, 0.05) is 6.42 Å². The Morgan fingerprint density at radius 2 is 2.00 bits per heavy atom. The van der Waals surface area contributed by atoms with Crippen LogP contribution in [-0.4, -0.2) is 11.8 Å². The molecule has 1 aliphatic rings. The van der Waals surface area contributed by atoms with Crippen molar-refractivity contribution in [2.24, 2.45) is 11.3 Å². The Hall–Kier alpha value is -1.23. The molecule has 0 spiro atoms. The minimum atomic E-state index is -0.708. The first-order chi connectivity index (χ1) is 8.77. The second-order valence-corrected chi connectivity index (χ2v) is 6.24. The van der Waals surface area contributed by atoms with E-state index in [0.717, 1.165) is 4.90 Å². The van der Waals surface area contributed by atoms with Gasteiger partial charge in [0.2, 0.25) is 11.8 Å². The molecule has 0 bridgehead atoms. The molecule has 5 heteroatoms. The first kappa shape index (κ1) is 14.2. The van der Waals surface area contributed by atoms with Crippen molar-refractivity contribution in [3.8, 4) is 0 Å². The standard InChI is InChI=1S/C14H15BrFNO2/c1-8(2)14(3)7-12(18)17(13(14)19)9-4-5-10(15)11(16)6-9/h4-6,8H,7H2,1-3H3. The van der Waals surface area contributed by atoms with Crippen LogP contribution in [0, 0.1) is 17.2 Å². The molecule has 1 aliphatic heterocycles. The maximum Gasteiger partial charge on any atom is 0.240 e. The molecule has 1 heterocycles. The Morgan fingerprint density at radius 3 is 2.47 bits per heavy atom. The smallest absolute Gasteiger partial charge is 0.240 e. The van der Waals surface area contributed by atoms with Crippen LogP contribution in [0.2, 0.25) is 0 Å². The van der Waals surface area contributed by atoms with Gasteiger partial charge in [0.25, 0.3) is 0 Å². The van der Waals surface area contributed by atoms with Crippen LogP contribution in [0.4, 0.5) is 10.1 Å². The maximum absolute atomic E-state index is 13.5. The zero-order valence-electron chi connectivity index (χ0n) is 11.0. The fraction of sp³-hybridized carbons (Fsp3) is 0.429. The molecular weight excluding hydrogens is 313 g/mol. The van der Waals surface area contributed by atoms with Crippen LogP contribution in [0.5, 0.6) is 0 Å². The number of hydrogen-bond acceptors (Lipinski definition) is 2. The van der Waals surface area contributed by atoms with Gasteiger partial charge in [-0.2, -0.15) is 0 Å². The van der Waals surface area contributed by atoms with E-state index >= 15 is 0 Å². The molecule has 3 nitrogen and oxygen atoms in total. The van der Waals surface area contributed by atoms with E-state index in [1.165, 1.54) is 12.1 Å². The number of imide groups is 1. The number of amides is 2. The molecular formula is C14H15BrFNO2. The van der Waals surface area contributed by atoms with Gasteiger partial charge in [-0.3, -0.25) is 9.59 Å². The van der Waals surface area contributed by atoms with Crippen molar-refractivity contribution in [2.45, 2.75) is 27.2 Å². The molecule has 19 heavy (non-hydrogen) atoms. The van der Waals surface area contributed by atoms with Gasteiger partial charge in [0.15, 0.2) is 0 Å². The van der Waals surface area contributed by atoms with Crippen molar-refractivity contribution in [3.05, 3.63) is 28.5 Å². The predicted octanol–water partition coefficient (Wildman–Crippen LogP) is 3.51. The number of carbonyl (C=O) groups excluding carboxylic acids is 2. The summed E-state index contributed by atoms with van der Waals surface area (Å²) in [5, 5.41) is 0. The number of rotatable bonds is 2. The van der Waals surface area contributed by atoms with Crippen LogP contribution in [0.3, 0.4) is 0 Å². The Kier molecular flexibility index (Phi) is 3.51. The highest BCUT2D eigenvalue weighted by Gasteiger charge is 2.50. The van der Waals surface area contributed by atoms with E-state index in [1.807, 2.05) is 13.8 Å². The van der Waals surface area contributed by atoms with E-state index in [1.54, 1.807) is 13.0 Å². The van der Waals surface area contributed by atoms with Crippen molar-refractivity contribution in [1.82, 2.24) is 0 Å². The van der Waals surface area contributed by atoms with E-state index in [2.05, 4.69) is 15.9 Å². The highest BCUT2D eigenvalue weighted by Crippen LogP contribution is 2.41. The zero-order valence-corrected chi connectivity index (χ0v) is 12.6. The molecule has 0 saturated carbocycles. The number of anilines is 1. The Balaban J connectivity index is 2.43. The average Bonchev–Trinajstić information content (AvgIpc) is 2.55. The van der Waals surface area contributed by atoms with E-state index in [-0.39, 0.29) is 24.2 Å². The van der Waals surface area contributed by atoms with E-state index in [9.17, 15) is 14.0 Å². The molecule has 2 rings (SSSR count). The normalized spacial score (nSPS) is 23.6. The Morgan fingerprint density at radius 1 is 1.37 bits per heavy atom. The molecule has 102 valence electrons.